The van der Waals surface area contributed by atoms with Crippen molar-refractivity contribution in [3.63, 3.8) is 0 Å². The van der Waals surface area contributed by atoms with Crippen LogP contribution in [0.4, 0.5) is 5.69 Å². The number of rotatable bonds is 7. The Morgan fingerprint density at radius 1 is 0.862 bits per heavy atom. The van der Waals surface area contributed by atoms with Crippen LogP contribution in [0.2, 0.25) is 0 Å². The Morgan fingerprint density at radius 3 is 2.17 bits per heavy atom. The summed E-state index contributed by atoms with van der Waals surface area (Å²) < 4.78 is 16.1. The largest absolute Gasteiger partial charge is 0.495 e. The maximum Gasteiger partial charge on any atom is 0.223 e. The van der Waals surface area contributed by atoms with Gasteiger partial charge in [0.1, 0.15) is 5.75 Å². The molecule has 0 aromatic heterocycles. The first kappa shape index (κ1) is 20.8. The fourth-order valence-corrected chi connectivity index (χ4v) is 3.69. The molecule has 1 aliphatic rings. The van der Waals surface area contributed by atoms with E-state index in [1.54, 1.807) is 21.3 Å². The topological polar surface area (TPSA) is 51.2 Å². The first-order valence-electron chi connectivity index (χ1n) is 9.94. The Hall–Kier alpha value is -2.89. The fourth-order valence-electron chi connectivity index (χ4n) is 3.69. The van der Waals surface area contributed by atoms with Crippen LogP contribution in [0.15, 0.2) is 36.4 Å². The third-order valence-electron chi connectivity index (χ3n) is 5.38. The maximum absolute atomic E-state index is 12.7. The Labute approximate surface area is 173 Å². The lowest BCUT2D eigenvalue weighted by Crippen LogP contribution is -2.49. The average molecular weight is 399 g/mol. The van der Waals surface area contributed by atoms with E-state index in [4.69, 9.17) is 14.2 Å². The number of anilines is 1. The molecule has 1 saturated heterocycles. The summed E-state index contributed by atoms with van der Waals surface area (Å²) in [5.74, 6) is 2.46. The summed E-state index contributed by atoms with van der Waals surface area (Å²) in [6.45, 7) is 5.14. The number of ether oxygens (including phenoxy) is 3. The molecule has 1 amide bonds. The number of hydrogen-bond acceptors (Lipinski definition) is 5. The SMILES string of the molecule is COc1ccc(CCC(=O)N2CCN(c3cc(C)ccc3OC)CC2)cc1OC. The molecule has 1 heterocycles. The lowest BCUT2D eigenvalue weighted by Gasteiger charge is -2.36. The lowest BCUT2D eigenvalue weighted by molar-refractivity contribution is -0.131. The van der Waals surface area contributed by atoms with Gasteiger partial charge in [0.25, 0.3) is 0 Å². The minimum absolute atomic E-state index is 0.190. The lowest BCUT2D eigenvalue weighted by atomic mass is 10.1. The van der Waals surface area contributed by atoms with Gasteiger partial charge in [0.2, 0.25) is 5.91 Å². The van der Waals surface area contributed by atoms with E-state index >= 15 is 0 Å². The molecule has 0 atom stereocenters. The molecule has 6 nitrogen and oxygen atoms in total. The number of methoxy groups -OCH3 is 3. The van der Waals surface area contributed by atoms with E-state index in [-0.39, 0.29) is 5.91 Å². The van der Waals surface area contributed by atoms with Crippen LogP contribution in [-0.2, 0) is 11.2 Å². The predicted molar refractivity (Wildman–Crippen MR) is 114 cm³/mol. The molecule has 2 aromatic carbocycles. The Bertz CT molecular complexity index is 845. The van der Waals surface area contributed by atoms with Gasteiger partial charge in [-0.3, -0.25) is 4.79 Å². The average Bonchev–Trinajstić information content (AvgIpc) is 2.77. The van der Waals surface area contributed by atoms with E-state index in [0.717, 1.165) is 43.2 Å². The molecule has 0 spiro atoms. The number of benzene rings is 2. The smallest absolute Gasteiger partial charge is 0.223 e. The van der Waals surface area contributed by atoms with Crippen molar-refractivity contribution >= 4 is 11.6 Å². The molecule has 0 bridgehead atoms. The van der Waals surface area contributed by atoms with Crippen molar-refractivity contribution in [2.75, 3.05) is 52.4 Å². The van der Waals surface area contributed by atoms with Gasteiger partial charge in [-0.25, -0.2) is 0 Å². The second kappa shape index (κ2) is 9.54. The highest BCUT2D eigenvalue weighted by Gasteiger charge is 2.23. The van der Waals surface area contributed by atoms with E-state index < -0.39 is 0 Å². The minimum atomic E-state index is 0.190. The fraction of sp³-hybridized carbons (Fsp3) is 0.435. The Kier molecular flexibility index (Phi) is 6.86. The number of nitrogens with zero attached hydrogens (tertiary/aromatic N) is 2. The normalized spacial score (nSPS) is 13.9. The summed E-state index contributed by atoms with van der Waals surface area (Å²) >= 11 is 0. The van der Waals surface area contributed by atoms with Crippen molar-refractivity contribution in [3.05, 3.63) is 47.5 Å². The van der Waals surface area contributed by atoms with Crippen molar-refractivity contribution in [1.82, 2.24) is 4.90 Å². The second-order valence-electron chi connectivity index (χ2n) is 7.23. The van der Waals surface area contributed by atoms with E-state index in [9.17, 15) is 4.79 Å². The quantitative estimate of drug-likeness (QED) is 0.716. The Morgan fingerprint density at radius 2 is 1.52 bits per heavy atom. The van der Waals surface area contributed by atoms with Crippen LogP contribution in [-0.4, -0.2) is 58.3 Å². The number of carbonyl (C=O) groups is 1. The molecular weight excluding hydrogens is 368 g/mol. The molecule has 6 heteroatoms. The first-order valence-corrected chi connectivity index (χ1v) is 9.94. The van der Waals surface area contributed by atoms with Gasteiger partial charge in [0.05, 0.1) is 27.0 Å². The number of carbonyl (C=O) groups excluding carboxylic acids is 1. The second-order valence-corrected chi connectivity index (χ2v) is 7.23. The number of hydrogen-bond donors (Lipinski definition) is 0. The highest BCUT2D eigenvalue weighted by molar-refractivity contribution is 5.77. The Balaban J connectivity index is 1.55. The molecule has 0 aliphatic carbocycles. The summed E-state index contributed by atoms with van der Waals surface area (Å²) in [7, 11) is 4.94. The molecule has 0 unspecified atom stereocenters. The molecule has 1 fully saturated rings. The number of aryl methyl sites for hydroxylation is 2. The van der Waals surface area contributed by atoms with Crippen LogP contribution in [0.5, 0.6) is 17.2 Å². The van der Waals surface area contributed by atoms with Crippen molar-refractivity contribution in [3.8, 4) is 17.2 Å². The van der Waals surface area contributed by atoms with Crippen LogP contribution < -0.4 is 19.1 Å². The van der Waals surface area contributed by atoms with Gasteiger partial charge in [0.15, 0.2) is 11.5 Å². The zero-order valence-corrected chi connectivity index (χ0v) is 17.7. The zero-order valence-electron chi connectivity index (χ0n) is 17.7. The molecule has 2 aromatic rings. The number of piperazine rings is 1. The molecule has 0 N–H and O–H groups in total. The molecule has 0 saturated carbocycles. The van der Waals surface area contributed by atoms with Crippen LogP contribution in [0.25, 0.3) is 0 Å². The van der Waals surface area contributed by atoms with Crippen molar-refractivity contribution in [2.45, 2.75) is 19.8 Å². The van der Waals surface area contributed by atoms with Crippen molar-refractivity contribution < 1.29 is 19.0 Å². The van der Waals surface area contributed by atoms with Crippen molar-refractivity contribution in [2.24, 2.45) is 0 Å². The number of amides is 1. The molecule has 156 valence electrons. The van der Waals surface area contributed by atoms with Gasteiger partial charge in [0, 0.05) is 32.6 Å². The zero-order chi connectivity index (χ0) is 20.8. The van der Waals surface area contributed by atoms with Crippen LogP contribution in [0.1, 0.15) is 17.5 Å². The van der Waals surface area contributed by atoms with Gasteiger partial charge in [-0.15, -0.1) is 0 Å². The van der Waals surface area contributed by atoms with E-state index in [1.165, 1.54) is 5.56 Å². The van der Waals surface area contributed by atoms with Gasteiger partial charge < -0.3 is 24.0 Å². The predicted octanol–water partition coefficient (Wildman–Crippen LogP) is 3.30. The van der Waals surface area contributed by atoms with Gasteiger partial charge >= 0.3 is 0 Å². The van der Waals surface area contributed by atoms with Crippen LogP contribution in [0, 0.1) is 6.92 Å². The molecule has 3 rings (SSSR count). The molecule has 29 heavy (non-hydrogen) atoms. The highest BCUT2D eigenvalue weighted by atomic mass is 16.5. The summed E-state index contributed by atoms with van der Waals surface area (Å²) in [6.07, 6.45) is 1.17. The van der Waals surface area contributed by atoms with E-state index in [0.29, 0.717) is 24.3 Å². The van der Waals surface area contributed by atoms with Gasteiger partial charge in [-0.05, 0) is 48.7 Å². The summed E-state index contributed by atoms with van der Waals surface area (Å²) in [4.78, 5) is 16.9. The van der Waals surface area contributed by atoms with Crippen LogP contribution in [0.3, 0.4) is 0 Å². The first-order chi connectivity index (χ1) is 14.0. The monoisotopic (exact) mass is 398 g/mol. The maximum atomic E-state index is 12.7. The third kappa shape index (κ3) is 4.94. The summed E-state index contributed by atoms with van der Waals surface area (Å²) in [5, 5.41) is 0. The highest BCUT2D eigenvalue weighted by Crippen LogP contribution is 2.30. The van der Waals surface area contributed by atoms with E-state index in [1.807, 2.05) is 29.2 Å². The van der Waals surface area contributed by atoms with Crippen LogP contribution >= 0.6 is 0 Å². The molecular formula is C23H30N2O4. The third-order valence-corrected chi connectivity index (χ3v) is 5.38. The van der Waals surface area contributed by atoms with E-state index in [2.05, 4.69) is 24.0 Å². The summed E-state index contributed by atoms with van der Waals surface area (Å²) in [6, 6.07) is 12.0. The van der Waals surface area contributed by atoms with Gasteiger partial charge in [-0.2, -0.15) is 0 Å². The molecule has 0 radical (unpaired) electrons. The van der Waals surface area contributed by atoms with Crippen molar-refractivity contribution in [1.29, 1.82) is 0 Å². The van der Waals surface area contributed by atoms with Gasteiger partial charge in [-0.1, -0.05) is 12.1 Å². The standard InChI is InChI=1S/C23H30N2O4/c1-17-5-8-20(27-2)19(15-17)24-11-13-25(14-12-24)23(26)10-7-18-6-9-21(28-3)22(16-18)29-4/h5-6,8-9,15-16H,7,10-14H2,1-4H3. The minimum Gasteiger partial charge on any atom is -0.495 e. The molecule has 1 aliphatic heterocycles. The summed E-state index contributed by atoms with van der Waals surface area (Å²) in [5.41, 5.74) is 3.37.